The third kappa shape index (κ3) is 6.42. The summed E-state index contributed by atoms with van der Waals surface area (Å²) < 4.78 is 38.6. The molecule has 4 rings (SSSR count). The molecule has 2 heterocycles. The summed E-state index contributed by atoms with van der Waals surface area (Å²) >= 11 is 0. The van der Waals surface area contributed by atoms with Crippen LogP contribution in [0, 0.1) is 0 Å². The molecule has 0 unspecified atom stereocenters. The Balaban J connectivity index is 1.18. The van der Waals surface area contributed by atoms with E-state index in [4.69, 9.17) is 9.47 Å². The molecule has 0 spiro atoms. The summed E-state index contributed by atoms with van der Waals surface area (Å²) in [6, 6.07) is 12.6. The van der Waals surface area contributed by atoms with Crippen molar-refractivity contribution in [3.8, 4) is 11.5 Å². The summed E-state index contributed by atoms with van der Waals surface area (Å²) in [5.41, 5.74) is 1.95. The number of sulfonamides is 1. The number of unbranched alkanes of at least 4 members (excludes halogenated alkanes) is 2. The molecular formula is C25H33N3O5S. The number of nitrogens with one attached hydrogen (secondary N) is 2. The van der Waals surface area contributed by atoms with Crippen molar-refractivity contribution in [3.63, 3.8) is 0 Å². The first-order valence-electron chi connectivity index (χ1n) is 12.1. The fourth-order valence-electron chi connectivity index (χ4n) is 4.27. The van der Waals surface area contributed by atoms with Crippen LogP contribution in [-0.2, 0) is 14.8 Å². The Bertz CT molecular complexity index is 1080. The van der Waals surface area contributed by atoms with Crippen LogP contribution in [0.2, 0.25) is 0 Å². The molecule has 1 saturated heterocycles. The van der Waals surface area contributed by atoms with Gasteiger partial charge in [0.25, 0.3) is 0 Å². The number of ether oxygens (including phenoxy) is 2. The molecule has 2 aliphatic rings. The molecule has 0 radical (unpaired) electrons. The van der Waals surface area contributed by atoms with Crippen LogP contribution in [0.3, 0.4) is 0 Å². The van der Waals surface area contributed by atoms with Gasteiger partial charge in [-0.15, -0.1) is 0 Å². The van der Waals surface area contributed by atoms with Crippen molar-refractivity contribution >= 4 is 27.3 Å². The van der Waals surface area contributed by atoms with Crippen molar-refractivity contribution in [1.29, 1.82) is 0 Å². The second kappa shape index (κ2) is 11.6. The molecule has 2 aromatic rings. The van der Waals surface area contributed by atoms with Gasteiger partial charge in [0.2, 0.25) is 15.9 Å². The number of fused-ring (bicyclic) bond motifs is 1. The first kappa shape index (κ1) is 24.3. The molecule has 1 fully saturated rings. The van der Waals surface area contributed by atoms with E-state index < -0.39 is 10.0 Å². The Hall–Kier alpha value is -2.78. The van der Waals surface area contributed by atoms with Crippen LogP contribution in [0.5, 0.6) is 11.5 Å². The maximum absolute atomic E-state index is 12.5. The van der Waals surface area contributed by atoms with Gasteiger partial charge in [0, 0.05) is 32.1 Å². The number of benzene rings is 2. The number of para-hydroxylation sites is 2. The summed E-state index contributed by atoms with van der Waals surface area (Å²) in [5.74, 6) is 0.991. The number of carbonyl (C=O) groups is 1. The van der Waals surface area contributed by atoms with E-state index in [0.29, 0.717) is 50.5 Å². The molecule has 8 nitrogen and oxygen atoms in total. The first-order chi connectivity index (χ1) is 16.5. The minimum atomic E-state index is -3.62. The minimum absolute atomic E-state index is 0.0127. The molecular weight excluding hydrogens is 454 g/mol. The lowest BCUT2D eigenvalue weighted by Crippen LogP contribution is -2.30. The molecule has 9 heteroatoms. The average Bonchev–Trinajstić information content (AvgIpc) is 2.86. The summed E-state index contributed by atoms with van der Waals surface area (Å²) in [4.78, 5) is 15.0. The number of rotatable bonds is 10. The zero-order chi connectivity index (χ0) is 23.8. The third-order valence-electron chi connectivity index (χ3n) is 6.07. The topological polar surface area (TPSA) is 97.0 Å². The van der Waals surface area contributed by atoms with Crippen molar-refractivity contribution in [2.75, 3.05) is 43.1 Å². The lowest BCUT2D eigenvalue weighted by Gasteiger charge is -2.30. The molecule has 2 aliphatic heterocycles. The quantitative estimate of drug-likeness (QED) is 0.493. The molecule has 0 atom stereocenters. The number of hydrogen-bond donors (Lipinski definition) is 2. The number of nitrogens with zero attached hydrogens (tertiary/aromatic N) is 1. The smallest absolute Gasteiger partial charge is 0.240 e. The normalized spacial score (nSPS) is 15.7. The highest BCUT2D eigenvalue weighted by Crippen LogP contribution is 2.32. The SMILES string of the molecule is O=C(CCCCCNS(=O)(=O)c1ccc2c(c1)OCCO2)Nc1ccccc1N1CCCCC1. The number of amides is 1. The lowest BCUT2D eigenvalue weighted by molar-refractivity contribution is -0.116. The molecule has 0 saturated carbocycles. The largest absolute Gasteiger partial charge is 0.486 e. The van der Waals surface area contributed by atoms with E-state index in [2.05, 4.69) is 21.0 Å². The lowest BCUT2D eigenvalue weighted by atomic mass is 10.1. The highest BCUT2D eigenvalue weighted by Gasteiger charge is 2.19. The second-order valence-corrected chi connectivity index (χ2v) is 10.4. The van der Waals surface area contributed by atoms with Crippen LogP contribution >= 0.6 is 0 Å². The third-order valence-corrected chi connectivity index (χ3v) is 7.53. The molecule has 0 aromatic heterocycles. The fraction of sp³-hybridized carbons (Fsp3) is 0.480. The highest BCUT2D eigenvalue weighted by atomic mass is 32.2. The van der Waals surface area contributed by atoms with E-state index in [1.54, 1.807) is 6.07 Å². The van der Waals surface area contributed by atoms with Gasteiger partial charge in [-0.1, -0.05) is 18.6 Å². The fourth-order valence-corrected chi connectivity index (χ4v) is 5.36. The van der Waals surface area contributed by atoms with E-state index in [0.717, 1.165) is 30.9 Å². The van der Waals surface area contributed by atoms with Crippen molar-refractivity contribution in [1.82, 2.24) is 4.72 Å². The maximum atomic E-state index is 12.5. The molecule has 2 aromatic carbocycles. The summed E-state index contributed by atoms with van der Waals surface area (Å²) in [6.07, 6.45) is 6.14. The minimum Gasteiger partial charge on any atom is -0.486 e. The van der Waals surface area contributed by atoms with Gasteiger partial charge in [0.15, 0.2) is 11.5 Å². The Morgan fingerprint density at radius 3 is 2.50 bits per heavy atom. The van der Waals surface area contributed by atoms with E-state index in [1.165, 1.54) is 31.4 Å². The monoisotopic (exact) mass is 487 g/mol. The summed E-state index contributed by atoms with van der Waals surface area (Å²) in [7, 11) is -3.62. The van der Waals surface area contributed by atoms with Crippen LogP contribution in [0.4, 0.5) is 11.4 Å². The molecule has 34 heavy (non-hydrogen) atoms. The number of piperidine rings is 1. The van der Waals surface area contributed by atoms with Crippen LogP contribution in [0.15, 0.2) is 47.4 Å². The number of hydrogen-bond acceptors (Lipinski definition) is 6. The Morgan fingerprint density at radius 1 is 0.912 bits per heavy atom. The maximum Gasteiger partial charge on any atom is 0.240 e. The van der Waals surface area contributed by atoms with Crippen LogP contribution < -0.4 is 24.4 Å². The van der Waals surface area contributed by atoms with Crippen LogP contribution in [-0.4, -0.2) is 47.2 Å². The highest BCUT2D eigenvalue weighted by molar-refractivity contribution is 7.89. The molecule has 2 N–H and O–H groups in total. The summed E-state index contributed by atoms with van der Waals surface area (Å²) in [5, 5.41) is 3.06. The predicted octanol–water partition coefficient (Wildman–Crippen LogP) is 3.93. The Morgan fingerprint density at radius 2 is 1.68 bits per heavy atom. The first-order valence-corrected chi connectivity index (χ1v) is 13.5. The summed E-state index contributed by atoms with van der Waals surface area (Å²) in [6.45, 7) is 3.22. The van der Waals surface area contributed by atoms with E-state index >= 15 is 0 Å². The zero-order valence-electron chi connectivity index (χ0n) is 19.4. The standard InChI is InChI=1S/C25H33N3O5S/c29-25(27-21-9-4-5-10-22(21)28-15-7-2-8-16-28)11-3-1-6-14-26-34(30,31)20-12-13-23-24(19-20)33-18-17-32-23/h4-5,9-10,12-13,19,26H,1-3,6-8,11,14-18H2,(H,27,29). The van der Waals surface area contributed by atoms with Gasteiger partial charge in [-0.05, 0) is 56.4 Å². The van der Waals surface area contributed by atoms with Gasteiger partial charge in [-0.3, -0.25) is 4.79 Å². The van der Waals surface area contributed by atoms with Gasteiger partial charge in [-0.25, -0.2) is 13.1 Å². The second-order valence-electron chi connectivity index (χ2n) is 8.63. The average molecular weight is 488 g/mol. The Kier molecular flexibility index (Phi) is 8.29. The van der Waals surface area contributed by atoms with Gasteiger partial charge in [-0.2, -0.15) is 0 Å². The van der Waals surface area contributed by atoms with Crippen molar-refractivity contribution in [2.24, 2.45) is 0 Å². The molecule has 184 valence electrons. The number of anilines is 2. The molecule has 0 aliphatic carbocycles. The van der Waals surface area contributed by atoms with Crippen molar-refractivity contribution in [3.05, 3.63) is 42.5 Å². The molecule has 1 amide bonds. The van der Waals surface area contributed by atoms with Gasteiger partial charge in [0.1, 0.15) is 13.2 Å². The van der Waals surface area contributed by atoms with Gasteiger partial charge in [0.05, 0.1) is 16.3 Å². The van der Waals surface area contributed by atoms with Crippen LogP contribution in [0.1, 0.15) is 44.9 Å². The Labute approximate surface area is 201 Å². The van der Waals surface area contributed by atoms with E-state index in [-0.39, 0.29) is 10.8 Å². The van der Waals surface area contributed by atoms with Crippen LogP contribution in [0.25, 0.3) is 0 Å². The zero-order valence-corrected chi connectivity index (χ0v) is 20.2. The van der Waals surface area contributed by atoms with Crippen molar-refractivity contribution in [2.45, 2.75) is 49.8 Å². The van der Waals surface area contributed by atoms with Gasteiger partial charge < -0.3 is 19.7 Å². The van der Waals surface area contributed by atoms with E-state index in [9.17, 15) is 13.2 Å². The predicted molar refractivity (Wildman–Crippen MR) is 132 cm³/mol. The number of carbonyl (C=O) groups excluding carboxylic acids is 1. The van der Waals surface area contributed by atoms with Crippen molar-refractivity contribution < 1.29 is 22.7 Å². The van der Waals surface area contributed by atoms with Gasteiger partial charge >= 0.3 is 0 Å². The molecule has 0 bridgehead atoms. The van der Waals surface area contributed by atoms with E-state index in [1.807, 2.05) is 18.2 Å².